The first kappa shape index (κ1) is 15.4. The summed E-state index contributed by atoms with van der Waals surface area (Å²) in [5, 5.41) is 10.5. The van der Waals surface area contributed by atoms with Gasteiger partial charge in [0.25, 0.3) is 5.91 Å². The molecule has 0 aliphatic rings. The topological polar surface area (TPSA) is 60.4 Å². The Bertz CT molecular complexity index is 476. The summed E-state index contributed by atoms with van der Waals surface area (Å²) in [4.78, 5) is 23.6. The van der Waals surface area contributed by atoms with Crippen molar-refractivity contribution in [3.05, 3.63) is 28.4 Å². The van der Waals surface area contributed by atoms with Crippen LogP contribution in [0.25, 0.3) is 0 Å². The van der Waals surface area contributed by atoms with Crippen molar-refractivity contribution in [1.29, 1.82) is 0 Å². The second-order valence-electron chi connectivity index (χ2n) is 3.28. The minimum Gasteiger partial charge on any atom is -0.548 e. The van der Waals surface area contributed by atoms with Crippen molar-refractivity contribution in [1.82, 2.24) is 4.90 Å². The monoisotopic (exact) mass is 570 g/mol. The van der Waals surface area contributed by atoms with Gasteiger partial charge in [-0.25, -0.2) is 0 Å². The average molecular weight is 570 g/mol. The van der Waals surface area contributed by atoms with Crippen LogP contribution in [0.2, 0.25) is 0 Å². The minimum absolute atomic E-state index is 0.310. The molecule has 1 aromatic rings. The summed E-state index contributed by atoms with van der Waals surface area (Å²) >= 11 is 6.35. The van der Waals surface area contributed by atoms with Gasteiger partial charge in [0, 0.05) is 17.8 Å². The highest BCUT2D eigenvalue weighted by atomic mass is 127. The van der Waals surface area contributed by atoms with Crippen LogP contribution in [0.1, 0.15) is 10.4 Å². The lowest BCUT2D eigenvalue weighted by Crippen LogP contribution is -2.39. The van der Waals surface area contributed by atoms with Gasteiger partial charge in [-0.15, -0.1) is 0 Å². The lowest BCUT2D eigenvalue weighted by molar-refractivity contribution is -0.305. The third-order valence-corrected chi connectivity index (χ3v) is 5.60. The van der Waals surface area contributed by atoms with E-state index in [0.29, 0.717) is 5.56 Å². The normalized spacial score (nSPS) is 10.1. The van der Waals surface area contributed by atoms with Crippen molar-refractivity contribution in [2.45, 2.75) is 0 Å². The van der Waals surface area contributed by atoms with Crippen molar-refractivity contribution in [2.75, 3.05) is 13.6 Å². The zero-order chi connectivity index (χ0) is 13.2. The standard InChI is InChI=1S/C10H8I3NO3/c1-14(4-8(15)16)10(17)6-2-5(11)3-7(12)9(6)13/h2-3H,4H2,1H3,(H,15,16)/p-1. The van der Waals surface area contributed by atoms with E-state index >= 15 is 0 Å². The van der Waals surface area contributed by atoms with E-state index in [2.05, 4.69) is 67.8 Å². The number of carbonyl (C=O) groups excluding carboxylic acids is 2. The third-order valence-electron chi connectivity index (χ3n) is 1.94. The van der Waals surface area contributed by atoms with Gasteiger partial charge in [0.05, 0.1) is 18.1 Å². The van der Waals surface area contributed by atoms with E-state index < -0.39 is 12.5 Å². The highest BCUT2D eigenvalue weighted by Crippen LogP contribution is 2.23. The van der Waals surface area contributed by atoms with Crippen molar-refractivity contribution in [2.24, 2.45) is 0 Å². The lowest BCUT2D eigenvalue weighted by atomic mass is 10.2. The Labute approximate surface area is 140 Å². The van der Waals surface area contributed by atoms with Crippen LogP contribution in [0.3, 0.4) is 0 Å². The first-order valence-corrected chi connectivity index (χ1v) is 7.66. The van der Waals surface area contributed by atoms with Gasteiger partial charge in [0.1, 0.15) is 0 Å². The van der Waals surface area contributed by atoms with E-state index in [1.165, 1.54) is 7.05 Å². The van der Waals surface area contributed by atoms with Gasteiger partial charge in [-0.1, -0.05) is 0 Å². The number of nitrogens with zero attached hydrogens (tertiary/aromatic N) is 1. The van der Waals surface area contributed by atoms with Gasteiger partial charge >= 0.3 is 0 Å². The van der Waals surface area contributed by atoms with Gasteiger partial charge in [0.2, 0.25) is 0 Å². The molecule has 0 aliphatic heterocycles. The number of likely N-dealkylation sites (N-methyl/N-ethyl adjacent to an activating group) is 1. The Kier molecular flexibility index (Phi) is 5.89. The summed E-state index contributed by atoms with van der Waals surface area (Å²) in [5.41, 5.74) is 0.519. The van der Waals surface area contributed by atoms with E-state index in [9.17, 15) is 14.7 Å². The fourth-order valence-corrected chi connectivity index (χ4v) is 3.57. The molecule has 4 nitrogen and oxygen atoms in total. The summed E-state index contributed by atoms with van der Waals surface area (Å²) < 4.78 is 2.75. The van der Waals surface area contributed by atoms with Crippen LogP contribution in [0, 0.1) is 10.7 Å². The second kappa shape index (κ2) is 6.50. The minimum atomic E-state index is -1.27. The molecule has 1 amide bonds. The molecule has 0 saturated heterocycles. The summed E-state index contributed by atoms with van der Waals surface area (Å²) in [6, 6.07) is 3.71. The Morgan fingerprint density at radius 2 is 1.88 bits per heavy atom. The van der Waals surface area contributed by atoms with Crippen LogP contribution in [0.5, 0.6) is 0 Å². The van der Waals surface area contributed by atoms with E-state index in [0.717, 1.165) is 15.6 Å². The molecule has 0 bridgehead atoms. The Hall–Kier alpha value is 0.350. The number of amides is 1. The maximum absolute atomic E-state index is 12.0. The number of aliphatic carboxylic acids is 1. The maximum atomic E-state index is 12.0. The maximum Gasteiger partial charge on any atom is 0.255 e. The molecule has 0 unspecified atom stereocenters. The average Bonchev–Trinajstić information content (AvgIpc) is 2.21. The molecule has 1 aromatic carbocycles. The van der Waals surface area contributed by atoms with Crippen LogP contribution in [-0.4, -0.2) is 30.4 Å². The molecular formula is C10H7I3NO3-. The number of carbonyl (C=O) groups is 2. The summed E-state index contributed by atoms with van der Waals surface area (Å²) in [6.45, 7) is -0.406. The molecule has 0 N–H and O–H groups in total. The van der Waals surface area contributed by atoms with E-state index in [1.807, 2.05) is 6.07 Å². The van der Waals surface area contributed by atoms with Gasteiger partial charge in [-0.05, 0) is 79.9 Å². The molecule has 0 aromatic heterocycles. The van der Waals surface area contributed by atoms with Crippen LogP contribution >= 0.6 is 67.8 Å². The van der Waals surface area contributed by atoms with Crippen molar-refractivity contribution in [3.8, 4) is 0 Å². The zero-order valence-corrected chi connectivity index (χ0v) is 15.1. The molecule has 0 spiro atoms. The Morgan fingerprint density at radius 3 is 2.41 bits per heavy atom. The number of hydrogen-bond donors (Lipinski definition) is 0. The molecule has 0 aliphatic carbocycles. The van der Waals surface area contributed by atoms with E-state index in [1.54, 1.807) is 6.07 Å². The van der Waals surface area contributed by atoms with Gasteiger partial charge in [-0.2, -0.15) is 0 Å². The van der Waals surface area contributed by atoms with Gasteiger partial charge < -0.3 is 14.8 Å². The number of rotatable bonds is 3. The molecular weight excluding hydrogens is 563 g/mol. The zero-order valence-electron chi connectivity index (χ0n) is 8.67. The Balaban J connectivity index is 3.08. The van der Waals surface area contributed by atoms with Gasteiger partial charge in [-0.3, -0.25) is 4.79 Å². The van der Waals surface area contributed by atoms with Crippen molar-refractivity contribution < 1.29 is 14.7 Å². The number of hydrogen-bond acceptors (Lipinski definition) is 3. The molecule has 0 atom stereocenters. The molecule has 7 heteroatoms. The number of carboxylic acids is 1. The first-order chi connectivity index (χ1) is 7.82. The van der Waals surface area contributed by atoms with Gasteiger partial charge in [0.15, 0.2) is 0 Å². The fraction of sp³-hybridized carbons (Fsp3) is 0.200. The Morgan fingerprint density at radius 1 is 1.29 bits per heavy atom. The fourth-order valence-electron chi connectivity index (χ4n) is 1.18. The highest BCUT2D eigenvalue weighted by molar-refractivity contribution is 14.1. The first-order valence-electron chi connectivity index (χ1n) is 4.42. The lowest BCUT2D eigenvalue weighted by Gasteiger charge is -2.19. The second-order valence-corrected chi connectivity index (χ2v) is 6.77. The molecule has 0 saturated carbocycles. The highest BCUT2D eigenvalue weighted by Gasteiger charge is 2.17. The van der Waals surface area contributed by atoms with E-state index in [4.69, 9.17) is 0 Å². The quantitative estimate of drug-likeness (QED) is 0.408. The molecule has 0 heterocycles. The number of halogens is 3. The molecule has 92 valence electrons. The van der Waals surface area contributed by atoms with Crippen LogP contribution in [0.15, 0.2) is 12.1 Å². The number of carboxylic acid groups (broad SMARTS) is 1. The predicted molar refractivity (Wildman–Crippen MR) is 86.6 cm³/mol. The predicted octanol–water partition coefficient (Wildman–Crippen LogP) is 1.32. The smallest absolute Gasteiger partial charge is 0.255 e. The summed E-state index contributed by atoms with van der Waals surface area (Å²) in [7, 11) is 1.45. The molecule has 0 radical (unpaired) electrons. The summed E-state index contributed by atoms with van der Waals surface area (Å²) in [6.07, 6.45) is 0. The molecule has 1 rings (SSSR count). The van der Waals surface area contributed by atoms with Crippen molar-refractivity contribution in [3.63, 3.8) is 0 Å². The van der Waals surface area contributed by atoms with Crippen molar-refractivity contribution >= 4 is 79.6 Å². The largest absolute Gasteiger partial charge is 0.548 e. The number of benzene rings is 1. The molecule has 17 heavy (non-hydrogen) atoms. The summed E-state index contributed by atoms with van der Waals surface area (Å²) in [5.74, 6) is -1.58. The van der Waals surface area contributed by atoms with E-state index in [-0.39, 0.29) is 5.91 Å². The van der Waals surface area contributed by atoms with Crippen LogP contribution < -0.4 is 5.11 Å². The SMILES string of the molecule is CN(CC(=O)[O-])C(=O)c1cc(I)cc(I)c1I. The third kappa shape index (κ3) is 4.19. The molecule has 0 fully saturated rings. The van der Waals surface area contributed by atoms with Crippen LogP contribution in [-0.2, 0) is 4.79 Å². The van der Waals surface area contributed by atoms with Crippen LogP contribution in [0.4, 0.5) is 0 Å².